The van der Waals surface area contributed by atoms with Crippen LogP contribution in [0.25, 0.3) is 0 Å². The zero-order chi connectivity index (χ0) is 12.4. The van der Waals surface area contributed by atoms with Crippen LogP contribution in [-0.2, 0) is 0 Å². The summed E-state index contributed by atoms with van der Waals surface area (Å²) in [7, 11) is 0. The second kappa shape index (κ2) is 4.34. The molecule has 0 aromatic heterocycles. The summed E-state index contributed by atoms with van der Waals surface area (Å²) in [6.45, 7) is 2.38. The Bertz CT molecular complexity index is 481. The molecule has 0 N–H and O–H groups in total. The summed E-state index contributed by atoms with van der Waals surface area (Å²) in [5, 5.41) is 0. The molecular weight excluding hydrogens is 446 g/mol. The van der Waals surface area contributed by atoms with Crippen molar-refractivity contribution >= 4 is 45.2 Å². The fraction of sp³-hybridized carbons (Fsp3) is 0.625. The van der Waals surface area contributed by atoms with E-state index in [9.17, 15) is 0 Å². The van der Waals surface area contributed by atoms with Gasteiger partial charge in [-0.1, -0.05) is 0 Å². The maximum absolute atomic E-state index is 2.63. The van der Waals surface area contributed by atoms with E-state index in [0.717, 1.165) is 17.8 Å². The zero-order valence-electron chi connectivity index (χ0n) is 10.7. The standard InChI is InChI=1S/C16H18I2/c1-8-12(9-2-3-9)13(10-4-5-10)14(11-6-7-11)16(18)15(8)17/h9-11H,2-7H2,1H3. The van der Waals surface area contributed by atoms with Crippen LogP contribution >= 0.6 is 45.2 Å². The molecule has 4 rings (SSSR count). The van der Waals surface area contributed by atoms with Crippen molar-refractivity contribution in [1.82, 2.24) is 0 Å². The molecule has 96 valence electrons. The first kappa shape index (κ1) is 12.4. The zero-order valence-corrected chi connectivity index (χ0v) is 15.0. The van der Waals surface area contributed by atoms with Gasteiger partial charge in [0, 0.05) is 7.14 Å². The molecule has 1 aromatic carbocycles. The van der Waals surface area contributed by atoms with Crippen molar-refractivity contribution in [2.75, 3.05) is 0 Å². The Morgan fingerprint density at radius 3 is 1.61 bits per heavy atom. The van der Waals surface area contributed by atoms with E-state index in [-0.39, 0.29) is 0 Å². The average molecular weight is 464 g/mol. The Labute approximate surface area is 137 Å². The van der Waals surface area contributed by atoms with Gasteiger partial charge < -0.3 is 0 Å². The van der Waals surface area contributed by atoms with Gasteiger partial charge in [0.15, 0.2) is 0 Å². The molecule has 18 heavy (non-hydrogen) atoms. The maximum Gasteiger partial charge on any atom is 0.0304 e. The molecular formula is C16H18I2. The first-order valence-corrected chi connectivity index (χ1v) is 9.35. The van der Waals surface area contributed by atoms with Crippen molar-refractivity contribution in [2.24, 2.45) is 0 Å². The highest BCUT2D eigenvalue weighted by Crippen LogP contribution is 2.57. The predicted molar refractivity (Wildman–Crippen MR) is 92.5 cm³/mol. The normalized spacial score (nSPS) is 23.5. The van der Waals surface area contributed by atoms with Crippen molar-refractivity contribution < 1.29 is 0 Å². The third-order valence-electron chi connectivity index (χ3n) is 4.70. The van der Waals surface area contributed by atoms with Gasteiger partial charge in [0.05, 0.1) is 0 Å². The van der Waals surface area contributed by atoms with Crippen LogP contribution in [0.4, 0.5) is 0 Å². The Hall–Kier alpha value is 0.680. The van der Waals surface area contributed by atoms with Crippen LogP contribution in [0, 0.1) is 14.1 Å². The molecule has 0 radical (unpaired) electrons. The van der Waals surface area contributed by atoms with E-state index in [2.05, 4.69) is 52.1 Å². The molecule has 3 fully saturated rings. The van der Waals surface area contributed by atoms with E-state index < -0.39 is 0 Å². The fourth-order valence-electron chi connectivity index (χ4n) is 3.35. The summed E-state index contributed by atoms with van der Waals surface area (Å²) in [6, 6.07) is 0. The van der Waals surface area contributed by atoms with E-state index in [4.69, 9.17) is 0 Å². The Morgan fingerprint density at radius 2 is 1.11 bits per heavy atom. The Morgan fingerprint density at radius 1 is 0.667 bits per heavy atom. The van der Waals surface area contributed by atoms with Crippen LogP contribution in [0.3, 0.4) is 0 Å². The first-order chi connectivity index (χ1) is 8.68. The van der Waals surface area contributed by atoms with Crippen LogP contribution in [0.2, 0.25) is 0 Å². The van der Waals surface area contributed by atoms with Crippen molar-refractivity contribution in [3.63, 3.8) is 0 Å². The number of rotatable bonds is 3. The summed E-state index contributed by atoms with van der Waals surface area (Å²) in [5.74, 6) is 2.77. The smallest absolute Gasteiger partial charge is 0.0304 e. The molecule has 3 aliphatic carbocycles. The SMILES string of the molecule is Cc1c(I)c(I)c(C2CC2)c(C2CC2)c1C1CC1. The molecule has 0 heterocycles. The molecule has 3 aliphatic rings. The molecule has 3 saturated carbocycles. The van der Waals surface area contributed by atoms with Gasteiger partial charge in [-0.2, -0.15) is 0 Å². The second-order valence-electron chi connectivity index (χ2n) is 6.32. The van der Waals surface area contributed by atoms with E-state index in [0.29, 0.717) is 0 Å². The lowest BCUT2D eigenvalue weighted by Gasteiger charge is -2.21. The van der Waals surface area contributed by atoms with Crippen LogP contribution in [0.1, 0.15) is 78.5 Å². The van der Waals surface area contributed by atoms with Gasteiger partial charge >= 0.3 is 0 Å². The van der Waals surface area contributed by atoms with Gasteiger partial charge in [-0.15, -0.1) is 0 Å². The molecule has 0 atom stereocenters. The Balaban J connectivity index is 1.99. The van der Waals surface area contributed by atoms with Gasteiger partial charge in [-0.25, -0.2) is 0 Å². The minimum absolute atomic E-state index is 0.916. The van der Waals surface area contributed by atoms with Crippen LogP contribution in [0.5, 0.6) is 0 Å². The largest absolute Gasteiger partial charge is 0.0458 e. The van der Waals surface area contributed by atoms with Gasteiger partial charge in [-0.05, 0) is 131 Å². The highest BCUT2D eigenvalue weighted by Gasteiger charge is 2.40. The summed E-state index contributed by atoms with van der Waals surface area (Å²) < 4.78 is 3.15. The highest BCUT2D eigenvalue weighted by molar-refractivity contribution is 14.1. The van der Waals surface area contributed by atoms with Crippen LogP contribution in [0.15, 0.2) is 0 Å². The van der Waals surface area contributed by atoms with Crippen molar-refractivity contribution in [1.29, 1.82) is 0 Å². The highest BCUT2D eigenvalue weighted by atomic mass is 127. The average Bonchev–Trinajstić information content (AvgIpc) is 3.17. The van der Waals surface area contributed by atoms with Gasteiger partial charge in [0.1, 0.15) is 0 Å². The van der Waals surface area contributed by atoms with Crippen molar-refractivity contribution in [3.8, 4) is 0 Å². The topological polar surface area (TPSA) is 0 Å². The van der Waals surface area contributed by atoms with Gasteiger partial charge in [0.25, 0.3) is 0 Å². The second-order valence-corrected chi connectivity index (χ2v) is 8.47. The lowest BCUT2D eigenvalue weighted by molar-refractivity contribution is 0.935. The number of hydrogen-bond donors (Lipinski definition) is 0. The summed E-state index contributed by atoms with van der Waals surface area (Å²) in [4.78, 5) is 0. The number of benzene rings is 1. The lowest BCUT2D eigenvalue weighted by Crippen LogP contribution is -2.06. The summed E-state index contributed by atoms with van der Waals surface area (Å²) >= 11 is 5.22. The molecule has 2 heteroatoms. The maximum atomic E-state index is 2.63. The minimum atomic E-state index is 0.916. The molecule has 0 saturated heterocycles. The first-order valence-electron chi connectivity index (χ1n) is 7.19. The Kier molecular flexibility index (Phi) is 2.99. The van der Waals surface area contributed by atoms with E-state index in [1.54, 1.807) is 23.8 Å². The van der Waals surface area contributed by atoms with E-state index in [1.165, 1.54) is 38.5 Å². The minimum Gasteiger partial charge on any atom is -0.0458 e. The van der Waals surface area contributed by atoms with Crippen LogP contribution < -0.4 is 0 Å². The summed E-state index contributed by atoms with van der Waals surface area (Å²) in [6.07, 6.45) is 8.69. The van der Waals surface area contributed by atoms with Gasteiger partial charge in [-0.3, -0.25) is 0 Å². The van der Waals surface area contributed by atoms with Crippen molar-refractivity contribution in [2.45, 2.75) is 63.2 Å². The fourth-order valence-corrected chi connectivity index (χ4v) is 5.06. The molecule has 0 amide bonds. The molecule has 0 spiro atoms. The molecule has 0 nitrogen and oxygen atoms in total. The van der Waals surface area contributed by atoms with E-state index >= 15 is 0 Å². The number of hydrogen-bond acceptors (Lipinski definition) is 0. The molecule has 0 aliphatic heterocycles. The monoisotopic (exact) mass is 464 g/mol. The molecule has 0 unspecified atom stereocenters. The van der Waals surface area contributed by atoms with E-state index in [1.807, 2.05) is 5.56 Å². The third-order valence-corrected chi connectivity index (χ3v) is 8.20. The third kappa shape index (κ3) is 1.97. The number of halogens is 2. The quantitative estimate of drug-likeness (QED) is 0.494. The lowest BCUT2D eigenvalue weighted by atomic mass is 9.88. The summed E-state index contributed by atoms with van der Waals surface area (Å²) in [5.41, 5.74) is 7.04. The molecule has 1 aromatic rings. The predicted octanol–water partition coefficient (Wildman–Crippen LogP) is 5.84. The van der Waals surface area contributed by atoms with Crippen LogP contribution in [-0.4, -0.2) is 0 Å². The van der Waals surface area contributed by atoms with Gasteiger partial charge in [0.2, 0.25) is 0 Å². The molecule has 0 bridgehead atoms. The van der Waals surface area contributed by atoms with Crippen molar-refractivity contribution in [3.05, 3.63) is 29.4 Å².